The average Bonchev–Trinajstić information content (AvgIpc) is 3.29. The minimum absolute atomic E-state index is 0.512. The van der Waals surface area contributed by atoms with Crippen LogP contribution in [0.2, 0.25) is 0 Å². The van der Waals surface area contributed by atoms with Crippen LogP contribution in [-0.2, 0) is 13.1 Å². The summed E-state index contributed by atoms with van der Waals surface area (Å²) in [6.07, 6.45) is 2.30. The summed E-state index contributed by atoms with van der Waals surface area (Å²) in [5.41, 5.74) is 8.63. The van der Waals surface area contributed by atoms with Gasteiger partial charge in [0.15, 0.2) is 11.6 Å². The Kier molecular flexibility index (Phi) is 3.88. The topological polar surface area (TPSA) is 29.3 Å². The molecule has 2 N–H and O–H groups in total. The third-order valence-corrected chi connectivity index (χ3v) is 3.86. The Morgan fingerprint density at radius 1 is 1.00 bits per heavy atom. The number of anilines is 1. The van der Waals surface area contributed by atoms with Crippen LogP contribution in [0.4, 0.5) is 14.5 Å². The fraction of sp³-hybridized carbons (Fsp3) is 0.294. The molecule has 0 amide bonds. The molecule has 1 fully saturated rings. The standard InChI is InChI=1S/C17H18F2N2/c18-15-8-5-12(9-16(15)19)10-21(14-6-7-14)11-13-3-1-2-4-17(13)20/h1-5,8-9,14H,6-7,10-11,20H2. The summed E-state index contributed by atoms with van der Waals surface area (Å²) in [4.78, 5) is 2.28. The summed E-state index contributed by atoms with van der Waals surface area (Å²) in [7, 11) is 0. The minimum Gasteiger partial charge on any atom is -0.398 e. The van der Waals surface area contributed by atoms with Crippen LogP contribution in [0, 0.1) is 11.6 Å². The van der Waals surface area contributed by atoms with Gasteiger partial charge in [-0.1, -0.05) is 24.3 Å². The first-order valence-corrected chi connectivity index (χ1v) is 7.15. The number of nitrogens with two attached hydrogens (primary N) is 1. The van der Waals surface area contributed by atoms with Crippen LogP contribution in [0.3, 0.4) is 0 Å². The molecule has 0 radical (unpaired) electrons. The number of hydrogen-bond acceptors (Lipinski definition) is 2. The van der Waals surface area contributed by atoms with Crippen molar-refractivity contribution in [3.8, 4) is 0 Å². The molecular weight excluding hydrogens is 270 g/mol. The molecule has 0 aromatic heterocycles. The first kappa shape index (κ1) is 14.0. The summed E-state index contributed by atoms with van der Waals surface area (Å²) in [6, 6.07) is 12.4. The van der Waals surface area contributed by atoms with Crippen molar-refractivity contribution in [3.05, 3.63) is 65.2 Å². The second-order valence-electron chi connectivity index (χ2n) is 5.58. The van der Waals surface area contributed by atoms with Gasteiger partial charge in [-0.3, -0.25) is 4.90 Å². The highest BCUT2D eigenvalue weighted by Gasteiger charge is 2.29. The Morgan fingerprint density at radius 3 is 2.43 bits per heavy atom. The molecule has 1 aliphatic rings. The molecule has 0 saturated heterocycles. The Hall–Kier alpha value is -1.94. The molecule has 2 aromatic rings. The molecule has 2 nitrogen and oxygen atoms in total. The molecule has 0 bridgehead atoms. The van der Waals surface area contributed by atoms with E-state index in [1.165, 1.54) is 12.1 Å². The van der Waals surface area contributed by atoms with Crippen molar-refractivity contribution in [3.63, 3.8) is 0 Å². The van der Waals surface area contributed by atoms with E-state index in [0.717, 1.165) is 36.2 Å². The molecular formula is C17H18F2N2. The van der Waals surface area contributed by atoms with Gasteiger partial charge < -0.3 is 5.73 Å². The minimum atomic E-state index is -0.802. The van der Waals surface area contributed by atoms with Crippen LogP contribution in [-0.4, -0.2) is 10.9 Å². The Morgan fingerprint density at radius 2 is 1.76 bits per heavy atom. The van der Waals surface area contributed by atoms with E-state index in [0.29, 0.717) is 12.6 Å². The normalized spacial score (nSPS) is 14.6. The largest absolute Gasteiger partial charge is 0.398 e. The van der Waals surface area contributed by atoms with Gasteiger partial charge >= 0.3 is 0 Å². The number of nitrogens with zero attached hydrogens (tertiary/aromatic N) is 1. The number of benzene rings is 2. The van der Waals surface area contributed by atoms with Crippen molar-refractivity contribution >= 4 is 5.69 Å². The summed E-state index contributed by atoms with van der Waals surface area (Å²) >= 11 is 0. The maximum atomic E-state index is 13.3. The number of rotatable bonds is 5. The predicted molar refractivity (Wildman–Crippen MR) is 79.5 cm³/mol. The van der Waals surface area contributed by atoms with E-state index in [9.17, 15) is 8.78 Å². The fourth-order valence-electron chi connectivity index (χ4n) is 2.52. The van der Waals surface area contributed by atoms with Crippen molar-refractivity contribution in [1.82, 2.24) is 4.90 Å². The maximum Gasteiger partial charge on any atom is 0.159 e. The molecule has 3 rings (SSSR count). The monoisotopic (exact) mass is 288 g/mol. The van der Waals surface area contributed by atoms with Gasteiger partial charge in [-0.15, -0.1) is 0 Å². The first-order chi connectivity index (χ1) is 10.1. The molecule has 110 valence electrons. The highest BCUT2D eigenvalue weighted by atomic mass is 19.2. The lowest BCUT2D eigenvalue weighted by atomic mass is 10.1. The smallest absolute Gasteiger partial charge is 0.159 e. The van der Waals surface area contributed by atoms with Gasteiger partial charge in [-0.2, -0.15) is 0 Å². The molecule has 21 heavy (non-hydrogen) atoms. The van der Waals surface area contributed by atoms with Gasteiger partial charge in [0.05, 0.1) is 0 Å². The molecule has 1 aliphatic carbocycles. The molecule has 1 saturated carbocycles. The first-order valence-electron chi connectivity index (χ1n) is 7.15. The average molecular weight is 288 g/mol. The Labute approximate surface area is 123 Å². The number of para-hydroxylation sites is 1. The summed E-state index contributed by atoms with van der Waals surface area (Å²) in [5.74, 6) is -1.59. The molecule has 0 heterocycles. The van der Waals surface area contributed by atoms with Gasteiger partial charge in [-0.25, -0.2) is 8.78 Å². The van der Waals surface area contributed by atoms with Gasteiger partial charge in [0.1, 0.15) is 0 Å². The van der Waals surface area contributed by atoms with Gasteiger partial charge in [-0.05, 0) is 42.2 Å². The summed E-state index contributed by atoms with van der Waals surface area (Å²) < 4.78 is 26.3. The van der Waals surface area contributed by atoms with E-state index in [4.69, 9.17) is 5.73 Å². The molecule has 4 heteroatoms. The molecule has 0 spiro atoms. The van der Waals surface area contributed by atoms with Crippen molar-refractivity contribution < 1.29 is 8.78 Å². The third-order valence-electron chi connectivity index (χ3n) is 3.86. The highest BCUT2D eigenvalue weighted by Crippen LogP contribution is 2.30. The molecule has 0 unspecified atom stereocenters. The number of halogens is 2. The molecule has 2 aromatic carbocycles. The third kappa shape index (κ3) is 3.39. The van der Waals surface area contributed by atoms with Crippen molar-refractivity contribution in [2.24, 2.45) is 0 Å². The number of nitrogen functional groups attached to an aromatic ring is 1. The van der Waals surface area contributed by atoms with E-state index < -0.39 is 11.6 Å². The summed E-state index contributed by atoms with van der Waals surface area (Å²) in [6.45, 7) is 1.34. The Bertz CT molecular complexity index is 638. The molecule has 0 aliphatic heterocycles. The van der Waals surface area contributed by atoms with Crippen molar-refractivity contribution in [1.29, 1.82) is 0 Å². The lowest BCUT2D eigenvalue weighted by molar-refractivity contribution is 0.245. The quantitative estimate of drug-likeness (QED) is 0.850. The second kappa shape index (κ2) is 5.82. The zero-order chi connectivity index (χ0) is 14.8. The van der Waals surface area contributed by atoms with E-state index in [1.54, 1.807) is 6.07 Å². The van der Waals surface area contributed by atoms with Crippen LogP contribution in [0.5, 0.6) is 0 Å². The van der Waals surface area contributed by atoms with E-state index in [-0.39, 0.29) is 0 Å². The zero-order valence-corrected chi connectivity index (χ0v) is 11.7. The fourth-order valence-corrected chi connectivity index (χ4v) is 2.52. The van der Waals surface area contributed by atoms with Crippen molar-refractivity contribution in [2.45, 2.75) is 32.0 Å². The van der Waals surface area contributed by atoms with Gasteiger partial charge in [0.25, 0.3) is 0 Å². The summed E-state index contributed by atoms with van der Waals surface area (Å²) in [5, 5.41) is 0. The van der Waals surface area contributed by atoms with Crippen LogP contribution in [0.1, 0.15) is 24.0 Å². The second-order valence-corrected chi connectivity index (χ2v) is 5.58. The lowest BCUT2D eigenvalue weighted by Gasteiger charge is -2.23. The van der Waals surface area contributed by atoms with E-state index in [1.807, 2.05) is 24.3 Å². The van der Waals surface area contributed by atoms with Crippen LogP contribution in [0.15, 0.2) is 42.5 Å². The molecule has 0 atom stereocenters. The predicted octanol–water partition coefficient (Wildman–Crippen LogP) is 3.71. The van der Waals surface area contributed by atoms with Crippen LogP contribution >= 0.6 is 0 Å². The highest BCUT2D eigenvalue weighted by molar-refractivity contribution is 5.46. The van der Waals surface area contributed by atoms with Crippen molar-refractivity contribution in [2.75, 3.05) is 5.73 Å². The Balaban J connectivity index is 1.76. The van der Waals surface area contributed by atoms with E-state index >= 15 is 0 Å². The SMILES string of the molecule is Nc1ccccc1CN(Cc1ccc(F)c(F)c1)C1CC1. The number of hydrogen-bond donors (Lipinski definition) is 1. The van der Waals surface area contributed by atoms with Crippen LogP contribution in [0.25, 0.3) is 0 Å². The van der Waals surface area contributed by atoms with Crippen LogP contribution < -0.4 is 5.73 Å². The van der Waals surface area contributed by atoms with E-state index in [2.05, 4.69) is 4.90 Å². The maximum absolute atomic E-state index is 13.3. The zero-order valence-electron chi connectivity index (χ0n) is 11.7. The van der Waals surface area contributed by atoms with Gasteiger partial charge in [0.2, 0.25) is 0 Å². The van der Waals surface area contributed by atoms with Gasteiger partial charge in [0, 0.05) is 24.8 Å². The lowest BCUT2D eigenvalue weighted by Crippen LogP contribution is -2.25.